The zero-order chi connectivity index (χ0) is 14.2. The topological polar surface area (TPSA) is 55.8 Å². The van der Waals surface area contributed by atoms with Crippen molar-refractivity contribution < 1.29 is 19.4 Å². The number of hydrogen-bond acceptors (Lipinski definition) is 3. The average Bonchev–Trinajstić information content (AvgIpc) is 2.93. The summed E-state index contributed by atoms with van der Waals surface area (Å²) in [6.07, 6.45) is 5.32. The first-order valence-electron chi connectivity index (χ1n) is 7.25. The molecule has 0 aromatic heterocycles. The van der Waals surface area contributed by atoms with Gasteiger partial charge in [-0.2, -0.15) is 0 Å². The van der Waals surface area contributed by atoms with Crippen LogP contribution in [0.25, 0.3) is 0 Å². The molecule has 1 aromatic carbocycles. The van der Waals surface area contributed by atoms with Crippen molar-refractivity contribution in [3.05, 3.63) is 29.8 Å². The van der Waals surface area contributed by atoms with Crippen molar-refractivity contribution in [2.75, 3.05) is 19.8 Å². The summed E-state index contributed by atoms with van der Waals surface area (Å²) in [6, 6.07) is 7.16. The second-order valence-corrected chi connectivity index (χ2v) is 5.29. The van der Waals surface area contributed by atoms with Crippen molar-refractivity contribution in [2.24, 2.45) is 5.92 Å². The molecule has 1 N–H and O–H groups in total. The maximum Gasteiger partial charge on any atom is 0.307 e. The van der Waals surface area contributed by atoms with Crippen LogP contribution in [0.4, 0.5) is 0 Å². The van der Waals surface area contributed by atoms with E-state index in [1.54, 1.807) is 24.3 Å². The van der Waals surface area contributed by atoms with Gasteiger partial charge in [0.25, 0.3) is 0 Å². The van der Waals surface area contributed by atoms with Gasteiger partial charge in [0, 0.05) is 6.61 Å². The third-order valence-corrected chi connectivity index (χ3v) is 3.60. The monoisotopic (exact) mass is 278 g/mol. The summed E-state index contributed by atoms with van der Waals surface area (Å²) >= 11 is 0. The molecule has 1 aromatic rings. The van der Waals surface area contributed by atoms with Gasteiger partial charge in [-0.3, -0.25) is 4.79 Å². The Morgan fingerprint density at radius 1 is 1.15 bits per heavy atom. The molecule has 0 amide bonds. The molecule has 0 heterocycles. The average molecular weight is 278 g/mol. The number of benzene rings is 1. The number of carbonyl (C=O) groups is 1. The van der Waals surface area contributed by atoms with E-state index in [2.05, 4.69) is 0 Å². The normalized spacial score (nSPS) is 15.4. The molecule has 0 unspecified atom stereocenters. The van der Waals surface area contributed by atoms with Crippen LogP contribution in [0.1, 0.15) is 31.2 Å². The summed E-state index contributed by atoms with van der Waals surface area (Å²) in [4.78, 5) is 10.6. The van der Waals surface area contributed by atoms with Crippen LogP contribution in [0.3, 0.4) is 0 Å². The lowest BCUT2D eigenvalue weighted by Crippen LogP contribution is -2.11. The fraction of sp³-hybridized carbons (Fsp3) is 0.562. The summed E-state index contributed by atoms with van der Waals surface area (Å²) in [7, 11) is 0. The molecule has 1 saturated carbocycles. The lowest BCUT2D eigenvalue weighted by Gasteiger charge is -2.11. The van der Waals surface area contributed by atoms with Crippen LogP contribution in [-0.2, 0) is 16.0 Å². The van der Waals surface area contributed by atoms with Gasteiger partial charge in [0.1, 0.15) is 12.4 Å². The maximum atomic E-state index is 10.6. The zero-order valence-electron chi connectivity index (χ0n) is 11.7. The van der Waals surface area contributed by atoms with Crippen LogP contribution in [0.5, 0.6) is 5.75 Å². The van der Waals surface area contributed by atoms with Crippen molar-refractivity contribution in [1.29, 1.82) is 0 Å². The Balaban J connectivity index is 1.60. The van der Waals surface area contributed by atoms with Crippen LogP contribution < -0.4 is 4.74 Å². The van der Waals surface area contributed by atoms with Crippen LogP contribution in [-0.4, -0.2) is 30.9 Å². The molecule has 1 fully saturated rings. The first kappa shape index (κ1) is 14.9. The van der Waals surface area contributed by atoms with Gasteiger partial charge in [0.15, 0.2) is 0 Å². The van der Waals surface area contributed by atoms with Crippen molar-refractivity contribution >= 4 is 5.97 Å². The summed E-state index contributed by atoms with van der Waals surface area (Å²) in [5.74, 6) is 0.674. The van der Waals surface area contributed by atoms with E-state index in [9.17, 15) is 4.79 Å². The minimum absolute atomic E-state index is 0.0464. The Labute approximate surface area is 119 Å². The standard InChI is InChI=1S/C16H22O4/c17-16(18)11-13-5-7-15(8-6-13)20-10-9-19-12-14-3-1-2-4-14/h5-8,14H,1-4,9-12H2,(H,17,18). The summed E-state index contributed by atoms with van der Waals surface area (Å²) in [6.45, 7) is 1.99. The van der Waals surface area contributed by atoms with E-state index in [0.717, 1.165) is 23.8 Å². The Morgan fingerprint density at radius 2 is 1.85 bits per heavy atom. The molecule has 2 rings (SSSR count). The minimum Gasteiger partial charge on any atom is -0.491 e. The number of aliphatic carboxylic acids is 1. The van der Waals surface area contributed by atoms with Crippen LogP contribution >= 0.6 is 0 Å². The Kier molecular flexibility index (Phi) is 5.87. The number of carboxylic acids is 1. The number of hydrogen-bond donors (Lipinski definition) is 1. The van der Waals surface area contributed by atoms with E-state index in [4.69, 9.17) is 14.6 Å². The number of ether oxygens (including phenoxy) is 2. The van der Waals surface area contributed by atoms with E-state index in [1.165, 1.54) is 25.7 Å². The van der Waals surface area contributed by atoms with Crippen molar-refractivity contribution in [1.82, 2.24) is 0 Å². The molecule has 110 valence electrons. The molecular formula is C16H22O4. The van der Waals surface area contributed by atoms with Crippen molar-refractivity contribution in [2.45, 2.75) is 32.1 Å². The van der Waals surface area contributed by atoms with E-state index < -0.39 is 5.97 Å². The lowest BCUT2D eigenvalue weighted by molar-refractivity contribution is -0.136. The molecule has 0 spiro atoms. The maximum absolute atomic E-state index is 10.6. The second kappa shape index (κ2) is 7.90. The molecule has 0 aliphatic heterocycles. The number of carboxylic acid groups (broad SMARTS) is 1. The van der Waals surface area contributed by atoms with Gasteiger partial charge in [0.05, 0.1) is 13.0 Å². The van der Waals surface area contributed by atoms with Gasteiger partial charge in [-0.05, 0) is 36.5 Å². The van der Waals surface area contributed by atoms with Crippen molar-refractivity contribution in [3.63, 3.8) is 0 Å². The molecule has 1 aliphatic carbocycles. The van der Waals surface area contributed by atoms with Gasteiger partial charge in [0.2, 0.25) is 0 Å². The molecule has 0 atom stereocenters. The van der Waals surface area contributed by atoms with Crippen LogP contribution in [0, 0.1) is 5.92 Å². The molecular weight excluding hydrogens is 256 g/mol. The van der Waals surface area contributed by atoms with Gasteiger partial charge in [-0.25, -0.2) is 0 Å². The van der Waals surface area contributed by atoms with Crippen LogP contribution in [0.15, 0.2) is 24.3 Å². The Hall–Kier alpha value is -1.55. The largest absolute Gasteiger partial charge is 0.491 e. The molecule has 0 radical (unpaired) electrons. The second-order valence-electron chi connectivity index (χ2n) is 5.29. The molecule has 4 heteroatoms. The molecule has 0 bridgehead atoms. The van der Waals surface area contributed by atoms with Gasteiger partial charge >= 0.3 is 5.97 Å². The fourth-order valence-electron chi connectivity index (χ4n) is 2.52. The summed E-state index contributed by atoms with van der Waals surface area (Å²) in [5, 5.41) is 8.68. The molecule has 20 heavy (non-hydrogen) atoms. The summed E-state index contributed by atoms with van der Waals surface area (Å²) < 4.78 is 11.2. The van der Waals surface area contributed by atoms with E-state index in [-0.39, 0.29) is 6.42 Å². The minimum atomic E-state index is -0.820. The third-order valence-electron chi connectivity index (χ3n) is 3.60. The van der Waals surface area contributed by atoms with Crippen LogP contribution in [0.2, 0.25) is 0 Å². The highest BCUT2D eigenvalue weighted by molar-refractivity contribution is 5.70. The molecule has 1 aliphatic rings. The first-order valence-corrected chi connectivity index (χ1v) is 7.25. The SMILES string of the molecule is O=C(O)Cc1ccc(OCCOCC2CCCC2)cc1. The molecule has 4 nitrogen and oxygen atoms in total. The fourth-order valence-corrected chi connectivity index (χ4v) is 2.52. The van der Waals surface area contributed by atoms with Gasteiger partial charge in [-0.1, -0.05) is 25.0 Å². The summed E-state index contributed by atoms with van der Waals surface area (Å²) in [5.41, 5.74) is 0.780. The highest BCUT2D eigenvalue weighted by atomic mass is 16.5. The first-order chi connectivity index (χ1) is 9.74. The van der Waals surface area contributed by atoms with E-state index in [0.29, 0.717) is 13.2 Å². The zero-order valence-corrected chi connectivity index (χ0v) is 11.7. The Bertz CT molecular complexity index is 407. The van der Waals surface area contributed by atoms with E-state index >= 15 is 0 Å². The van der Waals surface area contributed by atoms with E-state index in [1.807, 2.05) is 0 Å². The van der Waals surface area contributed by atoms with Gasteiger partial charge < -0.3 is 14.6 Å². The van der Waals surface area contributed by atoms with Crippen molar-refractivity contribution in [3.8, 4) is 5.75 Å². The highest BCUT2D eigenvalue weighted by Gasteiger charge is 2.14. The quantitative estimate of drug-likeness (QED) is 0.743. The third kappa shape index (κ3) is 5.21. The Morgan fingerprint density at radius 3 is 2.50 bits per heavy atom. The lowest BCUT2D eigenvalue weighted by atomic mass is 10.1. The van der Waals surface area contributed by atoms with Gasteiger partial charge in [-0.15, -0.1) is 0 Å². The molecule has 0 saturated heterocycles. The number of rotatable bonds is 8. The predicted molar refractivity (Wildman–Crippen MR) is 76.1 cm³/mol. The smallest absolute Gasteiger partial charge is 0.307 e. The highest BCUT2D eigenvalue weighted by Crippen LogP contribution is 2.24. The predicted octanol–water partition coefficient (Wildman–Crippen LogP) is 2.90.